The van der Waals surface area contributed by atoms with Crippen molar-refractivity contribution >= 4 is 28.0 Å². The number of aromatic nitrogens is 2. The summed E-state index contributed by atoms with van der Waals surface area (Å²) in [4.78, 5) is 19.8. The van der Waals surface area contributed by atoms with Crippen LogP contribution in [0.2, 0.25) is 0 Å². The van der Waals surface area contributed by atoms with E-state index in [0.29, 0.717) is 11.3 Å². The fraction of sp³-hybridized carbons (Fsp3) is 0.111. The third kappa shape index (κ3) is 2.65. The van der Waals surface area contributed by atoms with Crippen molar-refractivity contribution in [2.24, 2.45) is 0 Å². The lowest BCUT2D eigenvalue weighted by Crippen LogP contribution is -2.20. The summed E-state index contributed by atoms with van der Waals surface area (Å²) in [5.41, 5.74) is 4.73. The molecule has 6 heteroatoms. The predicted octanol–water partition coefficient (Wildman–Crippen LogP) is 3.27. The number of para-hydroxylation sites is 1. The van der Waals surface area contributed by atoms with Gasteiger partial charge in [-0.2, -0.15) is 0 Å². The van der Waals surface area contributed by atoms with Gasteiger partial charge in [0.15, 0.2) is 5.78 Å². The topological polar surface area (TPSA) is 74.8 Å². The average Bonchev–Trinajstić information content (AvgIpc) is 2.95. The molecule has 1 aromatic carbocycles. The molecule has 0 saturated carbocycles. The fourth-order valence-electron chi connectivity index (χ4n) is 2.92. The molecular formula is C18H15N3O2S. The number of anilines is 2. The number of pyridine rings is 1. The van der Waals surface area contributed by atoms with Gasteiger partial charge < -0.3 is 10.3 Å². The quantitative estimate of drug-likeness (QED) is 0.769. The van der Waals surface area contributed by atoms with Crippen LogP contribution in [0.3, 0.4) is 0 Å². The van der Waals surface area contributed by atoms with Gasteiger partial charge in [0.05, 0.1) is 28.5 Å². The number of carbonyl (C=O) groups is 1. The maximum atomic E-state index is 12.5. The second kappa shape index (κ2) is 6.05. The number of ketones is 1. The second-order valence-corrected chi connectivity index (χ2v) is 7.06. The molecule has 3 heterocycles. The van der Waals surface area contributed by atoms with Gasteiger partial charge in [0.25, 0.3) is 0 Å². The number of rotatable bonds is 3. The van der Waals surface area contributed by atoms with E-state index in [9.17, 15) is 9.00 Å². The Bertz CT molecular complexity index is 920. The molecule has 0 amide bonds. The van der Waals surface area contributed by atoms with Gasteiger partial charge in [-0.1, -0.05) is 18.2 Å². The minimum absolute atomic E-state index is 0.0735. The van der Waals surface area contributed by atoms with E-state index in [1.54, 1.807) is 12.4 Å². The van der Waals surface area contributed by atoms with Crippen LogP contribution in [0.5, 0.6) is 0 Å². The molecular weight excluding hydrogens is 322 g/mol. The summed E-state index contributed by atoms with van der Waals surface area (Å²) in [6.45, 7) is 0. The number of nitrogens with zero attached hydrogens (tertiary/aromatic N) is 1. The summed E-state index contributed by atoms with van der Waals surface area (Å²) in [5.74, 6) is 0.351. The van der Waals surface area contributed by atoms with Crippen LogP contribution in [0, 0.1) is 0 Å². The van der Waals surface area contributed by atoms with Gasteiger partial charge in [-0.3, -0.25) is 14.0 Å². The van der Waals surface area contributed by atoms with Crippen molar-refractivity contribution in [2.75, 3.05) is 11.1 Å². The third-order valence-corrected chi connectivity index (χ3v) is 5.16. The molecule has 0 spiro atoms. The summed E-state index contributed by atoms with van der Waals surface area (Å²) in [5, 5.41) is 3.35. The molecule has 0 bridgehead atoms. The summed E-state index contributed by atoms with van der Waals surface area (Å²) in [7, 11) is -1.15. The molecule has 5 nitrogen and oxygen atoms in total. The van der Waals surface area contributed by atoms with Gasteiger partial charge in [-0.15, -0.1) is 0 Å². The fourth-order valence-corrected chi connectivity index (χ4v) is 4.00. The molecule has 0 aliphatic carbocycles. The molecule has 1 aliphatic rings. The average molecular weight is 337 g/mol. The van der Waals surface area contributed by atoms with Gasteiger partial charge in [0.1, 0.15) is 0 Å². The molecule has 3 aromatic rings. The van der Waals surface area contributed by atoms with E-state index in [4.69, 9.17) is 0 Å². The van der Waals surface area contributed by atoms with Crippen molar-refractivity contribution in [1.29, 1.82) is 0 Å². The largest absolute Gasteiger partial charge is 0.355 e. The van der Waals surface area contributed by atoms with E-state index < -0.39 is 10.8 Å². The van der Waals surface area contributed by atoms with Crippen molar-refractivity contribution < 1.29 is 9.00 Å². The van der Waals surface area contributed by atoms with E-state index in [1.165, 1.54) is 0 Å². The highest BCUT2D eigenvalue weighted by Gasteiger charge is 2.30. The van der Waals surface area contributed by atoms with Crippen molar-refractivity contribution in [3.8, 4) is 11.3 Å². The molecule has 0 fully saturated rings. The standard InChI is InChI=1S/C18H15N3O2S/c22-15-11-24(23)10-14-16(15)18(20-13-4-2-1-3-5-13)17(21-14)12-6-8-19-9-7-12/h1-9,20-21H,10-11H2. The smallest absolute Gasteiger partial charge is 0.179 e. The first-order valence-electron chi connectivity index (χ1n) is 7.58. The van der Waals surface area contributed by atoms with E-state index in [2.05, 4.69) is 15.3 Å². The molecule has 0 radical (unpaired) electrons. The monoisotopic (exact) mass is 337 g/mol. The molecule has 2 N–H and O–H groups in total. The van der Waals surface area contributed by atoms with Crippen LogP contribution < -0.4 is 5.32 Å². The number of fused-ring (bicyclic) bond motifs is 1. The number of Topliss-reactive ketones (excluding diaryl/α,β-unsaturated/α-hetero) is 1. The Morgan fingerprint density at radius 1 is 1.04 bits per heavy atom. The van der Waals surface area contributed by atoms with E-state index in [-0.39, 0.29) is 11.5 Å². The molecule has 24 heavy (non-hydrogen) atoms. The maximum absolute atomic E-state index is 12.5. The highest BCUT2D eigenvalue weighted by atomic mass is 32.2. The van der Waals surface area contributed by atoms with Crippen LogP contribution in [0.25, 0.3) is 11.3 Å². The molecule has 120 valence electrons. The maximum Gasteiger partial charge on any atom is 0.179 e. The third-order valence-electron chi connectivity index (χ3n) is 3.97. The van der Waals surface area contributed by atoms with Gasteiger partial charge in [0, 0.05) is 40.1 Å². The highest BCUT2D eigenvalue weighted by molar-refractivity contribution is 7.85. The van der Waals surface area contributed by atoms with Crippen LogP contribution in [-0.2, 0) is 16.6 Å². The number of benzene rings is 1. The first-order valence-corrected chi connectivity index (χ1v) is 9.06. The lowest BCUT2D eigenvalue weighted by atomic mass is 10.1. The van der Waals surface area contributed by atoms with Crippen molar-refractivity contribution in [3.05, 3.63) is 66.1 Å². The van der Waals surface area contributed by atoms with Crippen molar-refractivity contribution in [3.63, 3.8) is 0 Å². The van der Waals surface area contributed by atoms with Gasteiger partial charge in [-0.05, 0) is 24.3 Å². The predicted molar refractivity (Wildman–Crippen MR) is 94.8 cm³/mol. The first kappa shape index (κ1) is 14.8. The second-order valence-electron chi connectivity index (χ2n) is 5.61. The molecule has 1 atom stereocenters. The highest BCUT2D eigenvalue weighted by Crippen LogP contribution is 2.37. The number of carbonyl (C=O) groups excluding carboxylic acids is 1. The van der Waals surface area contributed by atoms with Gasteiger partial charge in [-0.25, -0.2) is 0 Å². The Labute approximate surface area is 141 Å². The van der Waals surface area contributed by atoms with Crippen molar-refractivity contribution in [2.45, 2.75) is 5.75 Å². The van der Waals surface area contributed by atoms with Crippen molar-refractivity contribution in [1.82, 2.24) is 9.97 Å². The Hall–Kier alpha value is -2.73. The van der Waals surface area contributed by atoms with Crippen LogP contribution in [0.1, 0.15) is 16.1 Å². The summed E-state index contributed by atoms with van der Waals surface area (Å²) < 4.78 is 11.9. The lowest BCUT2D eigenvalue weighted by Gasteiger charge is -2.13. The normalized spacial score (nSPS) is 16.7. The number of hydrogen-bond acceptors (Lipinski definition) is 4. The van der Waals surface area contributed by atoms with Gasteiger partial charge >= 0.3 is 0 Å². The Kier molecular flexibility index (Phi) is 3.74. The summed E-state index contributed by atoms with van der Waals surface area (Å²) in [6, 6.07) is 13.5. The number of nitrogens with one attached hydrogen (secondary N) is 2. The first-order chi connectivity index (χ1) is 11.7. The molecule has 2 aromatic heterocycles. The molecule has 1 unspecified atom stereocenters. The summed E-state index contributed by atoms with van der Waals surface area (Å²) in [6.07, 6.45) is 3.42. The zero-order valence-corrected chi connectivity index (χ0v) is 13.6. The molecule has 4 rings (SSSR count). The Morgan fingerprint density at radius 3 is 2.54 bits per heavy atom. The van der Waals surface area contributed by atoms with Crippen LogP contribution in [0.15, 0.2) is 54.9 Å². The van der Waals surface area contributed by atoms with E-state index >= 15 is 0 Å². The molecule has 1 aliphatic heterocycles. The molecule has 0 saturated heterocycles. The zero-order chi connectivity index (χ0) is 16.5. The van der Waals surface area contributed by atoms with Gasteiger partial charge in [0.2, 0.25) is 0 Å². The number of hydrogen-bond donors (Lipinski definition) is 2. The minimum Gasteiger partial charge on any atom is -0.355 e. The van der Waals surface area contributed by atoms with Crippen LogP contribution >= 0.6 is 0 Å². The number of aromatic amines is 1. The summed E-state index contributed by atoms with van der Waals surface area (Å²) >= 11 is 0. The Morgan fingerprint density at radius 2 is 1.79 bits per heavy atom. The van der Waals surface area contributed by atoms with Crippen LogP contribution in [-0.4, -0.2) is 25.7 Å². The minimum atomic E-state index is -1.15. The van der Waals surface area contributed by atoms with Crippen LogP contribution in [0.4, 0.5) is 11.4 Å². The number of H-pyrrole nitrogens is 1. The lowest BCUT2D eigenvalue weighted by molar-refractivity contribution is 0.102. The Balaban J connectivity index is 1.89. The van der Waals surface area contributed by atoms with E-state index in [1.807, 2.05) is 42.5 Å². The zero-order valence-electron chi connectivity index (χ0n) is 12.8. The van der Waals surface area contributed by atoms with E-state index in [0.717, 1.165) is 28.3 Å². The SMILES string of the molecule is O=C1CS(=O)Cc2[nH]c(-c3ccncc3)c(Nc3ccccc3)c21.